The van der Waals surface area contributed by atoms with Gasteiger partial charge in [-0.25, -0.2) is 4.39 Å². The normalized spacial score (nSPS) is 16.9. The van der Waals surface area contributed by atoms with Crippen LogP contribution >= 0.6 is 23.2 Å². The summed E-state index contributed by atoms with van der Waals surface area (Å²) in [5.74, 6) is -1.44. The molecule has 2 amide bonds. The molecule has 0 saturated carbocycles. The summed E-state index contributed by atoms with van der Waals surface area (Å²) >= 11 is 12.3. The Morgan fingerprint density at radius 1 is 1.03 bits per heavy atom. The number of carbonyl (C=O) groups is 2. The molecular weight excluding hydrogens is 452 g/mol. The van der Waals surface area contributed by atoms with Crippen molar-refractivity contribution in [1.29, 1.82) is 0 Å². The summed E-state index contributed by atoms with van der Waals surface area (Å²) in [5, 5.41) is 5.50. The Kier molecular flexibility index (Phi) is 5.35. The van der Waals surface area contributed by atoms with Crippen LogP contribution in [0.1, 0.15) is 50.4 Å². The van der Waals surface area contributed by atoms with E-state index < -0.39 is 24.2 Å². The van der Waals surface area contributed by atoms with Crippen LogP contribution in [0.4, 0.5) is 4.39 Å². The van der Waals surface area contributed by atoms with Crippen LogP contribution in [0.5, 0.6) is 0 Å². The van der Waals surface area contributed by atoms with Gasteiger partial charge in [-0.3, -0.25) is 19.2 Å². The summed E-state index contributed by atoms with van der Waals surface area (Å²) in [5.41, 5.74) is 3.53. The Hall–Kier alpha value is -2.96. The number of amides is 2. The number of imide groups is 1. The molecule has 2 heterocycles. The fourth-order valence-electron chi connectivity index (χ4n) is 4.34. The van der Waals surface area contributed by atoms with E-state index in [2.05, 4.69) is 5.10 Å². The highest BCUT2D eigenvalue weighted by Crippen LogP contribution is 2.35. The fourth-order valence-corrected chi connectivity index (χ4v) is 4.81. The van der Waals surface area contributed by atoms with Crippen molar-refractivity contribution in [2.24, 2.45) is 0 Å². The Labute approximate surface area is 194 Å². The van der Waals surface area contributed by atoms with Crippen molar-refractivity contribution in [2.75, 3.05) is 6.54 Å². The number of fused-ring (bicyclic) bond motifs is 2. The molecule has 0 bridgehead atoms. The van der Waals surface area contributed by atoms with Crippen molar-refractivity contribution < 1.29 is 14.0 Å². The first-order chi connectivity index (χ1) is 15.4. The van der Waals surface area contributed by atoms with Crippen LogP contribution in [0.2, 0.25) is 10.0 Å². The number of nitrogens with zero attached hydrogens (tertiary/aromatic N) is 3. The molecule has 2 aliphatic rings. The lowest BCUT2D eigenvalue weighted by Crippen LogP contribution is -2.31. The molecule has 0 N–H and O–H groups in total. The smallest absolute Gasteiger partial charge is 0.261 e. The van der Waals surface area contributed by atoms with Crippen molar-refractivity contribution in [2.45, 2.75) is 25.8 Å². The van der Waals surface area contributed by atoms with Crippen molar-refractivity contribution >= 4 is 40.6 Å². The highest BCUT2D eigenvalue weighted by Gasteiger charge is 2.36. The van der Waals surface area contributed by atoms with Gasteiger partial charge in [-0.05, 0) is 54.7 Å². The zero-order chi connectivity index (χ0) is 22.4. The second-order valence-electron chi connectivity index (χ2n) is 7.89. The molecule has 1 aliphatic heterocycles. The Morgan fingerprint density at radius 2 is 1.75 bits per heavy atom. The molecule has 0 atom stereocenters. The van der Waals surface area contributed by atoms with Crippen LogP contribution in [0.15, 0.2) is 54.5 Å². The zero-order valence-electron chi connectivity index (χ0n) is 16.9. The van der Waals surface area contributed by atoms with Gasteiger partial charge in [0.25, 0.3) is 11.8 Å². The van der Waals surface area contributed by atoms with Gasteiger partial charge in [0.2, 0.25) is 0 Å². The summed E-state index contributed by atoms with van der Waals surface area (Å²) in [6, 6.07) is 11.8. The van der Waals surface area contributed by atoms with E-state index in [0.29, 0.717) is 45.4 Å². The van der Waals surface area contributed by atoms with Gasteiger partial charge in [0.1, 0.15) is 5.83 Å². The maximum absolute atomic E-state index is 15.6. The van der Waals surface area contributed by atoms with Crippen molar-refractivity contribution in [3.05, 3.63) is 92.5 Å². The molecule has 0 fully saturated rings. The van der Waals surface area contributed by atoms with E-state index >= 15 is 4.39 Å². The molecule has 1 aromatic heterocycles. The molecule has 5 rings (SSSR count). The van der Waals surface area contributed by atoms with Gasteiger partial charge in [-0.15, -0.1) is 0 Å². The Morgan fingerprint density at radius 3 is 2.44 bits per heavy atom. The predicted molar refractivity (Wildman–Crippen MR) is 121 cm³/mol. The minimum absolute atomic E-state index is 0.307. The van der Waals surface area contributed by atoms with Crippen LogP contribution in [0.25, 0.3) is 5.57 Å². The maximum Gasteiger partial charge on any atom is 0.261 e. The summed E-state index contributed by atoms with van der Waals surface area (Å²) in [6.07, 6.45) is 3.80. The second kappa shape index (κ2) is 8.19. The largest absolute Gasteiger partial charge is 0.269 e. The zero-order valence-corrected chi connectivity index (χ0v) is 18.5. The average molecular weight is 470 g/mol. The SMILES string of the molecule is O=C1c2ccccc2C(=O)N1CC(F)=C1CCCc2cnn(Cc3ccc(Cl)cc3Cl)c21. The lowest BCUT2D eigenvalue weighted by atomic mass is 9.92. The van der Waals surface area contributed by atoms with Gasteiger partial charge in [-0.2, -0.15) is 5.10 Å². The van der Waals surface area contributed by atoms with Crippen molar-refractivity contribution in [3.8, 4) is 0 Å². The third kappa shape index (κ3) is 3.53. The molecule has 162 valence electrons. The maximum atomic E-state index is 15.6. The molecule has 0 radical (unpaired) electrons. The molecule has 0 spiro atoms. The van der Waals surface area contributed by atoms with Crippen LogP contribution in [0.3, 0.4) is 0 Å². The summed E-state index contributed by atoms with van der Waals surface area (Å²) < 4.78 is 17.3. The first-order valence-electron chi connectivity index (χ1n) is 10.3. The first-order valence-corrected chi connectivity index (χ1v) is 11.0. The topological polar surface area (TPSA) is 55.2 Å². The third-order valence-electron chi connectivity index (χ3n) is 5.91. The van der Waals surface area contributed by atoms with E-state index in [1.807, 2.05) is 6.07 Å². The van der Waals surface area contributed by atoms with E-state index in [-0.39, 0.29) is 0 Å². The van der Waals surface area contributed by atoms with E-state index in [1.54, 1.807) is 47.3 Å². The minimum Gasteiger partial charge on any atom is -0.269 e. The lowest BCUT2D eigenvalue weighted by Gasteiger charge is -2.21. The van der Waals surface area contributed by atoms with E-state index in [0.717, 1.165) is 28.9 Å². The number of halogens is 3. The number of aryl methyl sites for hydroxylation is 1. The Balaban J connectivity index is 1.48. The summed E-state index contributed by atoms with van der Waals surface area (Å²) in [7, 11) is 0. The molecular formula is C24H18Cl2FN3O2. The van der Waals surface area contributed by atoms with E-state index in [9.17, 15) is 9.59 Å². The number of aromatic nitrogens is 2. The van der Waals surface area contributed by atoms with Gasteiger partial charge in [0.05, 0.1) is 36.1 Å². The minimum atomic E-state index is -0.496. The third-order valence-corrected chi connectivity index (χ3v) is 6.50. The highest BCUT2D eigenvalue weighted by molar-refractivity contribution is 6.35. The van der Waals surface area contributed by atoms with Crippen molar-refractivity contribution in [1.82, 2.24) is 14.7 Å². The Bertz CT molecular complexity index is 1260. The molecule has 8 heteroatoms. The monoisotopic (exact) mass is 469 g/mol. The summed E-state index contributed by atoms with van der Waals surface area (Å²) in [6.45, 7) is -0.0386. The fraction of sp³-hybridized carbons (Fsp3) is 0.208. The van der Waals surface area contributed by atoms with Crippen LogP contribution in [0, 0.1) is 0 Å². The van der Waals surface area contributed by atoms with Gasteiger partial charge in [0.15, 0.2) is 0 Å². The number of allylic oxidation sites excluding steroid dienone is 1. The van der Waals surface area contributed by atoms with Gasteiger partial charge < -0.3 is 0 Å². The van der Waals surface area contributed by atoms with Gasteiger partial charge in [-0.1, -0.05) is 41.4 Å². The van der Waals surface area contributed by atoms with Gasteiger partial charge in [0, 0.05) is 15.6 Å². The van der Waals surface area contributed by atoms with E-state index in [1.165, 1.54) is 0 Å². The van der Waals surface area contributed by atoms with Crippen LogP contribution in [-0.2, 0) is 13.0 Å². The van der Waals surface area contributed by atoms with Crippen LogP contribution in [-0.4, -0.2) is 33.0 Å². The lowest BCUT2D eigenvalue weighted by molar-refractivity contribution is 0.0660. The highest BCUT2D eigenvalue weighted by atomic mass is 35.5. The molecule has 5 nitrogen and oxygen atoms in total. The molecule has 3 aromatic rings. The first kappa shape index (κ1) is 20.9. The molecule has 32 heavy (non-hydrogen) atoms. The number of rotatable bonds is 4. The van der Waals surface area contributed by atoms with Crippen LogP contribution < -0.4 is 0 Å². The number of hydrogen-bond acceptors (Lipinski definition) is 3. The number of carbonyl (C=O) groups excluding carboxylic acids is 2. The molecule has 1 aliphatic carbocycles. The average Bonchev–Trinajstić information content (AvgIpc) is 3.30. The molecule has 0 saturated heterocycles. The van der Waals surface area contributed by atoms with Crippen molar-refractivity contribution in [3.63, 3.8) is 0 Å². The molecule has 0 unspecified atom stereocenters. The second-order valence-corrected chi connectivity index (χ2v) is 8.73. The number of hydrogen-bond donors (Lipinski definition) is 0. The van der Waals surface area contributed by atoms with Gasteiger partial charge >= 0.3 is 0 Å². The standard InChI is InChI=1S/C24H18Cl2FN3O2/c25-16-9-8-15(20(26)10-16)12-30-22-14(11-28-30)4-3-7-19(22)21(27)13-29-23(31)17-5-1-2-6-18(17)24(29)32/h1-2,5-6,8-11H,3-4,7,12-13H2. The van der Waals surface area contributed by atoms with E-state index in [4.69, 9.17) is 23.2 Å². The summed E-state index contributed by atoms with van der Waals surface area (Å²) in [4.78, 5) is 26.3. The molecule has 2 aromatic carbocycles. The predicted octanol–water partition coefficient (Wildman–Crippen LogP) is 5.55. The number of benzene rings is 2. The quantitative estimate of drug-likeness (QED) is 0.470.